The fourth-order valence-corrected chi connectivity index (χ4v) is 2.89. The summed E-state index contributed by atoms with van der Waals surface area (Å²) in [5.74, 6) is 0. The van der Waals surface area contributed by atoms with Gasteiger partial charge in [0.25, 0.3) is 0 Å². The first-order valence-electron chi connectivity index (χ1n) is 8.35. The maximum Gasteiger partial charge on any atom is 0.326 e. The van der Waals surface area contributed by atoms with Gasteiger partial charge in [-0.1, -0.05) is 30.3 Å². The monoisotopic (exact) mass is 325 g/mol. The third-order valence-corrected chi connectivity index (χ3v) is 4.13. The van der Waals surface area contributed by atoms with E-state index < -0.39 is 0 Å². The van der Waals surface area contributed by atoms with Crippen molar-refractivity contribution >= 4 is 23.1 Å². The highest BCUT2D eigenvalue weighted by Crippen LogP contribution is 2.27. The van der Waals surface area contributed by atoms with E-state index in [1.54, 1.807) is 4.90 Å². The Labute approximate surface area is 142 Å². The maximum atomic E-state index is 12.8. The number of hydrogen-bond acceptors (Lipinski definition) is 3. The molecule has 0 aromatic heterocycles. The van der Waals surface area contributed by atoms with E-state index in [1.807, 2.05) is 61.5 Å². The summed E-state index contributed by atoms with van der Waals surface area (Å²) in [7, 11) is 0. The van der Waals surface area contributed by atoms with Gasteiger partial charge in [-0.25, -0.2) is 4.79 Å². The molecule has 2 aromatic rings. The van der Waals surface area contributed by atoms with Crippen LogP contribution in [0, 0.1) is 0 Å². The molecule has 1 heterocycles. The van der Waals surface area contributed by atoms with Gasteiger partial charge < -0.3 is 15.0 Å². The number of urea groups is 1. The summed E-state index contributed by atoms with van der Waals surface area (Å²) in [6.45, 7) is 5.68. The highest BCUT2D eigenvalue weighted by atomic mass is 16.5. The van der Waals surface area contributed by atoms with E-state index in [0.29, 0.717) is 19.8 Å². The number of anilines is 3. The normalized spacial score (nSPS) is 14.3. The SMILES string of the molecule is CCN(C(=O)Nc1ccccc1N1CCOCC1)c1ccccc1. The van der Waals surface area contributed by atoms with Crippen molar-refractivity contribution in [3.63, 3.8) is 0 Å². The Hall–Kier alpha value is -2.53. The molecule has 2 amide bonds. The van der Waals surface area contributed by atoms with Crippen LogP contribution < -0.4 is 15.1 Å². The summed E-state index contributed by atoms with van der Waals surface area (Å²) in [5.41, 5.74) is 2.76. The van der Waals surface area contributed by atoms with Gasteiger partial charge in [0.1, 0.15) is 0 Å². The second-order valence-corrected chi connectivity index (χ2v) is 5.63. The lowest BCUT2D eigenvalue weighted by atomic mass is 10.2. The number of morpholine rings is 1. The highest BCUT2D eigenvalue weighted by Gasteiger charge is 2.18. The predicted molar refractivity (Wildman–Crippen MR) is 98.0 cm³/mol. The first-order chi connectivity index (χ1) is 11.8. The number of ether oxygens (including phenoxy) is 1. The molecule has 1 N–H and O–H groups in total. The van der Waals surface area contributed by atoms with E-state index in [-0.39, 0.29) is 6.03 Å². The number of nitrogens with one attached hydrogen (secondary N) is 1. The van der Waals surface area contributed by atoms with Gasteiger partial charge in [0, 0.05) is 25.3 Å². The van der Waals surface area contributed by atoms with Gasteiger partial charge in [0.05, 0.1) is 24.6 Å². The van der Waals surface area contributed by atoms with Crippen LogP contribution in [0.3, 0.4) is 0 Å². The Bertz CT molecular complexity index is 669. The number of nitrogens with zero attached hydrogens (tertiary/aromatic N) is 2. The van der Waals surface area contributed by atoms with E-state index in [4.69, 9.17) is 4.74 Å². The van der Waals surface area contributed by atoms with E-state index in [9.17, 15) is 4.79 Å². The minimum absolute atomic E-state index is 0.121. The van der Waals surface area contributed by atoms with Crippen LogP contribution in [-0.2, 0) is 4.74 Å². The predicted octanol–water partition coefficient (Wildman–Crippen LogP) is 3.58. The van der Waals surface area contributed by atoms with Crippen LogP contribution >= 0.6 is 0 Å². The van der Waals surface area contributed by atoms with Crippen LogP contribution in [0.5, 0.6) is 0 Å². The Morgan fingerprint density at radius 3 is 2.46 bits per heavy atom. The van der Waals surface area contributed by atoms with Crippen molar-refractivity contribution in [2.24, 2.45) is 0 Å². The molecule has 0 bridgehead atoms. The second-order valence-electron chi connectivity index (χ2n) is 5.63. The third kappa shape index (κ3) is 3.68. The van der Waals surface area contributed by atoms with Crippen LogP contribution in [0.2, 0.25) is 0 Å². The van der Waals surface area contributed by atoms with Crippen molar-refractivity contribution < 1.29 is 9.53 Å². The van der Waals surface area contributed by atoms with Crippen LogP contribution in [0.15, 0.2) is 54.6 Å². The number of hydrogen-bond donors (Lipinski definition) is 1. The molecule has 126 valence electrons. The molecule has 0 saturated carbocycles. The molecule has 0 spiro atoms. The number of para-hydroxylation sites is 3. The van der Waals surface area contributed by atoms with Crippen LogP contribution in [0.25, 0.3) is 0 Å². The smallest absolute Gasteiger partial charge is 0.326 e. The number of carbonyl (C=O) groups excluding carboxylic acids is 1. The average molecular weight is 325 g/mol. The lowest BCUT2D eigenvalue weighted by Crippen LogP contribution is -2.38. The Morgan fingerprint density at radius 2 is 1.75 bits per heavy atom. The summed E-state index contributed by atoms with van der Waals surface area (Å²) in [6, 6.07) is 17.5. The molecular weight excluding hydrogens is 302 g/mol. The van der Waals surface area contributed by atoms with Gasteiger partial charge in [0.2, 0.25) is 0 Å². The van der Waals surface area contributed by atoms with Crippen molar-refractivity contribution in [2.45, 2.75) is 6.92 Å². The maximum absolute atomic E-state index is 12.8. The van der Waals surface area contributed by atoms with E-state index >= 15 is 0 Å². The minimum atomic E-state index is -0.121. The van der Waals surface area contributed by atoms with Gasteiger partial charge in [0.15, 0.2) is 0 Å². The lowest BCUT2D eigenvalue weighted by Gasteiger charge is -2.31. The topological polar surface area (TPSA) is 44.8 Å². The van der Waals surface area contributed by atoms with Crippen molar-refractivity contribution in [3.05, 3.63) is 54.6 Å². The van der Waals surface area contributed by atoms with Gasteiger partial charge in [-0.3, -0.25) is 4.90 Å². The zero-order chi connectivity index (χ0) is 16.8. The highest BCUT2D eigenvalue weighted by molar-refractivity contribution is 6.03. The Kier molecular flexibility index (Phi) is 5.33. The van der Waals surface area contributed by atoms with Crippen molar-refractivity contribution in [1.82, 2.24) is 0 Å². The fourth-order valence-electron chi connectivity index (χ4n) is 2.89. The molecule has 5 heteroatoms. The average Bonchev–Trinajstić information content (AvgIpc) is 2.64. The molecule has 1 aliphatic rings. The molecule has 0 aliphatic carbocycles. The number of carbonyl (C=O) groups is 1. The van der Waals surface area contributed by atoms with Gasteiger partial charge in [-0.05, 0) is 31.2 Å². The summed E-state index contributed by atoms with van der Waals surface area (Å²) < 4.78 is 5.42. The molecule has 0 unspecified atom stereocenters. The standard InChI is InChI=1S/C19H23N3O2/c1-2-22(16-8-4-3-5-9-16)19(23)20-17-10-6-7-11-18(17)21-12-14-24-15-13-21/h3-11H,2,12-15H2,1H3,(H,20,23). The van der Waals surface area contributed by atoms with Crippen LogP contribution in [0.4, 0.5) is 21.9 Å². The largest absolute Gasteiger partial charge is 0.378 e. The molecule has 5 nitrogen and oxygen atoms in total. The molecule has 0 radical (unpaired) electrons. The molecule has 24 heavy (non-hydrogen) atoms. The molecule has 1 fully saturated rings. The molecule has 0 atom stereocenters. The Balaban J connectivity index is 1.79. The lowest BCUT2D eigenvalue weighted by molar-refractivity contribution is 0.123. The van der Waals surface area contributed by atoms with E-state index in [1.165, 1.54) is 0 Å². The molecular formula is C19H23N3O2. The quantitative estimate of drug-likeness (QED) is 0.934. The zero-order valence-corrected chi connectivity index (χ0v) is 13.9. The van der Waals surface area contributed by atoms with E-state index in [2.05, 4.69) is 10.2 Å². The first kappa shape index (κ1) is 16.3. The Morgan fingerprint density at radius 1 is 1.08 bits per heavy atom. The summed E-state index contributed by atoms with van der Waals surface area (Å²) in [6.07, 6.45) is 0. The fraction of sp³-hybridized carbons (Fsp3) is 0.316. The molecule has 2 aromatic carbocycles. The second kappa shape index (κ2) is 7.84. The molecule has 1 saturated heterocycles. The summed E-state index contributed by atoms with van der Waals surface area (Å²) in [4.78, 5) is 16.7. The van der Waals surface area contributed by atoms with E-state index in [0.717, 1.165) is 30.2 Å². The van der Waals surface area contributed by atoms with Crippen molar-refractivity contribution in [2.75, 3.05) is 48.0 Å². The molecule has 3 rings (SSSR count). The minimum Gasteiger partial charge on any atom is -0.378 e. The van der Waals surface area contributed by atoms with Gasteiger partial charge >= 0.3 is 6.03 Å². The summed E-state index contributed by atoms with van der Waals surface area (Å²) in [5, 5.41) is 3.06. The zero-order valence-electron chi connectivity index (χ0n) is 13.9. The van der Waals surface area contributed by atoms with Crippen LogP contribution in [0.1, 0.15) is 6.92 Å². The molecule has 1 aliphatic heterocycles. The van der Waals surface area contributed by atoms with Crippen LogP contribution in [-0.4, -0.2) is 38.9 Å². The van der Waals surface area contributed by atoms with Crippen molar-refractivity contribution in [3.8, 4) is 0 Å². The number of amides is 2. The number of benzene rings is 2. The van der Waals surface area contributed by atoms with Crippen molar-refractivity contribution in [1.29, 1.82) is 0 Å². The van der Waals surface area contributed by atoms with Gasteiger partial charge in [-0.15, -0.1) is 0 Å². The summed E-state index contributed by atoms with van der Waals surface area (Å²) >= 11 is 0. The third-order valence-electron chi connectivity index (χ3n) is 4.13. The first-order valence-corrected chi connectivity index (χ1v) is 8.35. The number of rotatable bonds is 4. The van der Waals surface area contributed by atoms with Gasteiger partial charge in [-0.2, -0.15) is 0 Å².